The average Bonchev–Trinajstić information content (AvgIpc) is 2.92. The lowest BCUT2D eigenvalue weighted by atomic mass is 10.1. The fourth-order valence-electron chi connectivity index (χ4n) is 1.63. The van der Waals surface area contributed by atoms with Crippen LogP contribution in [0.1, 0.15) is 10.8 Å². The molecule has 3 nitrogen and oxygen atoms in total. The van der Waals surface area contributed by atoms with Crippen LogP contribution in [0.15, 0.2) is 41.8 Å². The number of thiophene rings is 1. The number of hydrogen-bond donors (Lipinski definition) is 0. The van der Waals surface area contributed by atoms with Crippen LogP contribution in [-0.4, -0.2) is 19.7 Å². The SMILES string of the molecule is COC(=O)C(COc1cccc(F)c1)c1cccs1. The maximum atomic E-state index is 13.0. The molecular formula is C14H13FO3S. The van der Waals surface area contributed by atoms with Gasteiger partial charge in [-0.2, -0.15) is 0 Å². The highest BCUT2D eigenvalue weighted by molar-refractivity contribution is 7.10. The Morgan fingerprint density at radius 2 is 2.21 bits per heavy atom. The van der Waals surface area contributed by atoms with Crippen LogP contribution < -0.4 is 4.74 Å². The summed E-state index contributed by atoms with van der Waals surface area (Å²) in [5.74, 6) is -0.833. The Morgan fingerprint density at radius 3 is 2.84 bits per heavy atom. The Bertz CT molecular complexity index is 539. The van der Waals surface area contributed by atoms with Gasteiger partial charge in [0.2, 0.25) is 0 Å². The van der Waals surface area contributed by atoms with Crippen LogP contribution in [0.5, 0.6) is 5.75 Å². The summed E-state index contributed by atoms with van der Waals surface area (Å²) in [7, 11) is 1.34. The minimum Gasteiger partial charge on any atom is -0.492 e. The zero-order chi connectivity index (χ0) is 13.7. The molecule has 0 N–H and O–H groups in total. The molecule has 0 aliphatic heterocycles. The third-order valence-corrected chi connectivity index (χ3v) is 3.57. The van der Waals surface area contributed by atoms with Gasteiger partial charge in [0, 0.05) is 10.9 Å². The zero-order valence-corrected chi connectivity index (χ0v) is 11.2. The van der Waals surface area contributed by atoms with Gasteiger partial charge in [-0.15, -0.1) is 11.3 Å². The van der Waals surface area contributed by atoms with Crippen LogP contribution in [0, 0.1) is 5.82 Å². The molecule has 0 aliphatic rings. The summed E-state index contributed by atoms with van der Waals surface area (Å²) in [4.78, 5) is 12.6. The number of esters is 1. The summed E-state index contributed by atoms with van der Waals surface area (Å²) < 4.78 is 23.2. The molecule has 100 valence electrons. The molecule has 0 amide bonds. The molecule has 0 radical (unpaired) electrons. The highest BCUT2D eigenvalue weighted by Crippen LogP contribution is 2.24. The van der Waals surface area contributed by atoms with E-state index < -0.39 is 5.92 Å². The van der Waals surface area contributed by atoms with Crippen LogP contribution in [-0.2, 0) is 9.53 Å². The number of rotatable bonds is 5. The summed E-state index contributed by atoms with van der Waals surface area (Å²) in [5.41, 5.74) is 0. The Labute approximate surface area is 114 Å². The van der Waals surface area contributed by atoms with Crippen molar-refractivity contribution in [1.29, 1.82) is 0 Å². The number of methoxy groups -OCH3 is 1. The molecule has 1 atom stereocenters. The van der Waals surface area contributed by atoms with Crippen LogP contribution >= 0.6 is 11.3 Å². The minimum atomic E-state index is -0.492. The van der Waals surface area contributed by atoms with Gasteiger partial charge in [-0.1, -0.05) is 12.1 Å². The number of halogens is 1. The second-order valence-corrected chi connectivity index (χ2v) is 4.84. The number of hydrogen-bond acceptors (Lipinski definition) is 4. The number of ether oxygens (including phenoxy) is 2. The van der Waals surface area contributed by atoms with Gasteiger partial charge in [0.25, 0.3) is 0 Å². The molecule has 1 heterocycles. The lowest BCUT2D eigenvalue weighted by Gasteiger charge is -2.14. The maximum Gasteiger partial charge on any atom is 0.317 e. The van der Waals surface area contributed by atoms with Gasteiger partial charge >= 0.3 is 5.97 Å². The van der Waals surface area contributed by atoms with Crippen molar-refractivity contribution < 1.29 is 18.7 Å². The van der Waals surface area contributed by atoms with Crippen LogP contribution in [0.3, 0.4) is 0 Å². The predicted molar refractivity (Wildman–Crippen MR) is 71.0 cm³/mol. The molecule has 0 fully saturated rings. The molecule has 1 aromatic carbocycles. The van der Waals surface area contributed by atoms with Gasteiger partial charge in [0.1, 0.15) is 24.1 Å². The first kappa shape index (κ1) is 13.5. The molecule has 0 saturated heterocycles. The monoisotopic (exact) mass is 280 g/mol. The van der Waals surface area contributed by atoms with Crippen molar-refractivity contribution >= 4 is 17.3 Å². The van der Waals surface area contributed by atoms with Gasteiger partial charge in [-0.05, 0) is 23.6 Å². The largest absolute Gasteiger partial charge is 0.492 e. The second-order valence-electron chi connectivity index (χ2n) is 3.86. The van der Waals surface area contributed by atoms with Crippen LogP contribution in [0.25, 0.3) is 0 Å². The average molecular weight is 280 g/mol. The van der Waals surface area contributed by atoms with E-state index in [-0.39, 0.29) is 18.4 Å². The third-order valence-electron chi connectivity index (χ3n) is 2.59. The number of carbonyl (C=O) groups is 1. The van der Waals surface area contributed by atoms with E-state index in [2.05, 4.69) is 0 Å². The first-order valence-electron chi connectivity index (χ1n) is 5.70. The van der Waals surface area contributed by atoms with Crippen molar-refractivity contribution in [2.75, 3.05) is 13.7 Å². The van der Waals surface area contributed by atoms with E-state index in [9.17, 15) is 9.18 Å². The quantitative estimate of drug-likeness (QED) is 0.789. The van der Waals surface area contributed by atoms with Crippen molar-refractivity contribution in [3.8, 4) is 5.75 Å². The molecule has 2 aromatic rings. The normalized spacial score (nSPS) is 11.9. The topological polar surface area (TPSA) is 35.5 Å². The van der Waals surface area contributed by atoms with E-state index >= 15 is 0 Å². The Kier molecular flexibility index (Phi) is 4.52. The van der Waals surface area contributed by atoms with E-state index in [0.29, 0.717) is 5.75 Å². The van der Waals surface area contributed by atoms with E-state index in [4.69, 9.17) is 9.47 Å². The molecule has 0 bridgehead atoms. The summed E-state index contributed by atoms with van der Waals surface area (Å²) in [6, 6.07) is 9.53. The first-order valence-corrected chi connectivity index (χ1v) is 6.58. The van der Waals surface area contributed by atoms with Gasteiger partial charge in [-0.25, -0.2) is 4.39 Å². The molecule has 1 unspecified atom stereocenters. The smallest absolute Gasteiger partial charge is 0.317 e. The van der Waals surface area contributed by atoms with Crippen molar-refractivity contribution in [2.24, 2.45) is 0 Å². The summed E-state index contributed by atoms with van der Waals surface area (Å²) in [6.07, 6.45) is 0. The van der Waals surface area contributed by atoms with Gasteiger partial charge in [0.05, 0.1) is 7.11 Å². The summed E-state index contributed by atoms with van der Waals surface area (Å²) in [5, 5.41) is 1.88. The fourth-order valence-corrected chi connectivity index (χ4v) is 2.43. The molecular weight excluding hydrogens is 267 g/mol. The zero-order valence-electron chi connectivity index (χ0n) is 10.3. The summed E-state index contributed by atoms with van der Waals surface area (Å²) in [6.45, 7) is 0.122. The molecule has 1 aromatic heterocycles. The Hall–Kier alpha value is -1.88. The first-order chi connectivity index (χ1) is 9.20. The van der Waals surface area contributed by atoms with Gasteiger partial charge in [0.15, 0.2) is 0 Å². The summed E-state index contributed by atoms with van der Waals surface area (Å²) >= 11 is 1.46. The van der Waals surface area contributed by atoms with Gasteiger partial charge in [-0.3, -0.25) is 4.79 Å². The van der Waals surface area contributed by atoms with Crippen molar-refractivity contribution in [2.45, 2.75) is 5.92 Å². The van der Waals surface area contributed by atoms with Crippen molar-refractivity contribution in [3.63, 3.8) is 0 Å². The molecule has 19 heavy (non-hydrogen) atoms. The third kappa shape index (κ3) is 3.54. The maximum absolute atomic E-state index is 13.0. The Balaban J connectivity index is 2.07. The second kappa shape index (κ2) is 6.33. The lowest BCUT2D eigenvalue weighted by molar-refractivity contribution is -0.143. The van der Waals surface area contributed by atoms with E-state index in [0.717, 1.165) is 4.88 Å². The number of benzene rings is 1. The van der Waals surface area contributed by atoms with Crippen LogP contribution in [0.2, 0.25) is 0 Å². The Morgan fingerprint density at radius 1 is 1.37 bits per heavy atom. The highest BCUT2D eigenvalue weighted by atomic mass is 32.1. The highest BCUT2D eigenvalue weighted by Gasteiger charge is 2.23. The van der Waals surface area contributed by atoms with E-state index in [1.165, 1.54) is 30.6 Å². The van der Waals surface area contributed by atoms with Crippen molar-refractivity contribution in [3.05, 3.63) is 52.5 Å². The molecule has 2 rings (SSSR count). The van der Waals surface area contributed by atoms with Crippen LogP contribution in [0.4, 0.5) is 4.39 Å². The fraction of sp³-hybridized carbons (Fsp3) is 0.214. The van der Waals surface area contributed by atoms with Gasteiger partial charge < -0.3 is 9.47 Å². The van der Waals surface area contributed by atoms with E-state index in [1.54, 1.807) is 12.1 Å². The lowest BCUT2D eigenvalue weighted by Crippen LogP contribution is -2.20. The standard InChI is InChI=1S/C14H13FO3S/c1-17-14(16)12(13-6-3-7-19-13)9-18-11-5-2-4-10(15)8-11/h2-8,12H,9H2,1H3. The molecule has 0 spiro atoms. The number of carbonyl (C=O) groups excluding carboxylic acids is 1. The minimum absolute atomic E-state index is 0.122. The van der Waals surface area contributed by atoms with Crippen molar-refractivity contribution in [1.82, 2.24) is 0 Å². The molecule has 0 aliphatic carbocycles. The van der Waals surface area contributed by atoms with E-state index in [1.807, 2.05) is 17.5 Å². The molecule has 5 heteroatoms. The molecule has 0 saturated carbocycles. The predicted octanol–water partition coefficient (Wildman–Crippen LogP) is 3.22.